The third kappa shape index (κ3) is 3.73. The van der Waals surface area contributed by atoms with Crippen LogP contribution in [-0.4, -0.2) is 88.4 Å². The lowest BCUT2D eigenvalue weighted by Gasteiger charge is -2.78. The van der Waals surface area contributed by atoms with Crippen molar-refractivity contribution in [2.45, 2.75) is 122 Å². The molecule has 14 unspecified atom stereocenters. The lowest BCUT2D eigenvalue weighted by atomic mass is 9.27. The zero-order chi connectivity index (χ0) is 33.1. The SMILES string of the molecule is C=C1CCC2(C)CCC3(C)C4C(OC(C)=O)C(O)C56COC(O)C4(CCC3(C(=O)OC)C2(O)C1)C5CC(O)C(OC(C)=O)C6C. The maximum atomic E-state index is 14.4. The number of hydrogen-bond donors (Lipinski definition) is 4. The Hall–Kier alpha value is -2.05. The number of aliphatic hydroxyl groups is 4. The predicted octanol–water partition coefficient (Wildman–Crippen LogP) is 2.41. The third-order valence-corrected chi connectivity index (χ3v) is 14.4. The third-order valence-electron chi connectivity index (χ3n) is 14.4. The highest BCUT2D eigenvalue weighted by atomic mass is 16.6. The van der Waals surface area contributed by atoms with Gasteiger partial charge < -0.3 is 39.4 Å². The van der Waals surface area contributed by atoms with Crippen molar-refractivity contribution < 1.29 is 53.8 Å². The van der Waals surface area contributed by atoms with Crippen LogP contribution in [0.2, 0.25) is 0 Å². The van der Waals surface area contributed by atoms with Crippen LogP contribution in [0.1, 0.15) is 86.0 Å². The number of hydrogen-bond acceptors (Lipinski definition) is 11. The van der Waals surface area contributed by atoms with E-state index in [2.05, 4.69) is 6.58 Å². The molecule has 1 saturated heterocycles. The number of esters is 3. The number of methoxy groups -OCH3 is 1. The first-order chi connectivity index (χ1) is 20.9. The molecule has 4 N–H and O–H groups in total. The van der Waals surface area contributed by atoms with Crippen molar-refractivity contribution in [3.05, 3.63) is 12.2 Å². The standard InChI is InChI=1S/C34H50O11/c1-17-8-9-29(5)10-11-30(6)25-24(45-20(4)36)26(38)32-16-43-27(39)31(25,12-13-33(30,28(40)42-7)34(29,41)15-17)22(32)14-21(37)23(18(32)2)44-19(3)35/h18,21-27,37-39,41H,1,8-16H2,2-7H3. The van der Waals surface area contributed by atoms with E-state index in [1.165, 1.54) is 21.0 Å². The van der Waals surface area contributed by atoms with Gasteiger partial charge in [-0.3, -0.25) is 14.4 Å². The van der Waals surface area contributed by atoms with Crippen molar-refractivity contribution in [1.82, 2.24) is 0 Å². The van der Waals surface area contributed by atoms with E-state index in [9.17, 15) is 34.8 Å². The second-order valence-corrected chi connectivity index (χ2v) is 15.8. The summed E-state index contributed by atoms with van der Waals surface area (Å²) in [5.41, 5.74) is -6.42. The summed E-state index contributed by atoms with van der Waals surface area (Å²) in [7, 11) is 1.31. The van der Waals surface area contributed by atoms with E-state index in [1.807, 2.05) is 13.8 Å². The summed E-state index contributed by atoms with van der Waals surface area (Å²) >= 11 is 0. The van der Waals surface area contributed by atoms with E-state index in [0.29, 0.717) is 19.3 Å². The molecule has 14 atom stereocenters. The largest absolute Gasteiger partial charge is 0.468 e. The van der Waals surface area contributed by atoms with Gasteiger partial charge in [0.15, 0.2) is 6.29 Å². The number of fused-ring (bicyclic) bond motifs is 4. The van der Waals surface area contributed by atoms with Gasteiger partial charge in [-0.05, 0) is 68.1 Å². The summed E-state index contributed by atoms with van der Waals surface area (Å²) in [5, 5.41) is 49.2. The maximum Gasteiger partial charge on any atom is 0.315 e. The molecule has 0 radical (unpaired) electrons. The van der Waals surface area contributed by atoms with Gasteiger partial charge in [0.1, 0.15) is 17.6 Å². The molecule has 1 aliphatic heterocycles. The molecule has 1 spiro atoms. The first-order valence-corrected chi connectivity index (χ1v) is 16.4. The normalized spacial score (nSPS) is 53.5. The molecule has 252 valence electrons. The molecule has 45 heavy (non-hydrogen) atoms. The fourth-order valence-corrected chi connectivity index (χ4v) is 12.4. The van der Waals surface area contributed by atoms with Gasteiger partial charge in [-0.2, -0.15) is 0 Å². The number of carbonyl (C=O) groups excluding carboxylic acids is 3. The summed E-state index contributed by atoms with van der Waals surface area (Å²) in [6.07, 6.45) is -3.09. The van der Waals surface area contributed by atoms with Gasteiger partial charge in [-0.25, -0.2) is 0 Å². The summed E-state index contributed by atoms with van der Waals surface area (Å²) in [6.45, 7) is 12.3. The minimum absolute atomic E-state index is 0.0865. The zero-order valence-electron chi connectivity index (χ0n) is 27.3. The molecular formula is C34H50O11. The smallest absolute Gasteiger partial charge is 0.315 e. The van der Waals surface area contributed by atoms with Gasteiger partial charge in [0, 0.05) is 36.5 Å². The second kappa shape index (κ2) is 10.2. The Labute approximate surface area is 264 Å². The second-order valence-electron chi connectivity index (χ2n) is 15.8. The Balaban J connectivity index is 1.62. The van der Waals surface area contributed by atoms with Crippen LogP contribution in [0.4, 0.5) is 0 Å². The molecule has 0 amide bonds. The number of rotatable bonds is 3. The van der Waals surface area contributed by atoms with Gasteiger partial charge in [0.2, 0.25) is 0 Å². The van der Waals surface area contributed by atoms with Crippen LogP contribution in [0.3, 0.4) is 0 Å². The lowest BCUT2D eigenvalue weighted by Crippen LogP contribution is -2.84. The van der Waals surface area contributed by atoms with E-state index in [1.54, 1.807) is 6.92 Å². The fourth-order valence-electron chi connectivity index (χ4n) is 12.4. The van der Waals surface area contributed by atoms with Crippen molar-refractivity contribution in [1.29, 1.82) is 0 Å². The van der Waals surface area contributed by atoms with Crippen LogP contribution in [0, 0.1) is 44.8 Å². The topological polar surface area (TPSA) is 169 Å². The highest BCUT2D eigenvalue weighted by molar-refractivity contribution is 5.81. The van der Waals surface area contributed by atoms with E-state index in [-0.39, 0.29) is 32.3 Å². The number of carbonyl (C=O) groups is 3. The first-order valence-electron chi connectivity index (χ1n) is 16.4. The molecule has 2 bridgehead atoms. The predicted molar refractivity (Wildman–Crippen MR) is 158 cm³/mol. The molecule has 1 heterocycles. The molecule has 11 nitrogen and oxygen atoms in total. The van der Waals surface area contributed by atoms with Crippen molar-refractivity contribution in [2.75, 3.05) is 13.7 Å². The van der Waals surface area contributed by atoms with Gasteiger partial charge in [0.05, 0.1) is 31.5 Å². The summed E-state index contributed by atoms with van der Waals surface area (Å²) < 4.78 is 23.5. The van der Waals surface area contributed by atoms with E-state index < -0.39 is 99.0 Å². The van der Waals surface area contributed by atoms with E-state index in [4.69, 9.17) is 18.9 Å². The molecule has 0 aromatic carbocycles. The van der Waals surface area contributed by atoms with Crippen molar-refractivity contribution in [3.63, 3.8) is 0 Å². The minimum atomic E-state index is -1.57. The average Bonchev–Trinajstić information content (AvgIpc) is 2.96. The van der Waals surface area contributed by atoms with Crippen LogP contribution >= 0.6 is 0 Å². The molecule has 6 rings (SSSR count). The zero-order valence-corrected chi connectivity index (χ0v) is 27.3. The molecule has 0 aromatic heterocycles. The quantitative estimate of drug-likeness (QED) is 0.204. The fraction of sp³-hybridized carbons (Fsp3) is 0.853. The molecular weight excluding hydrogens is 584 g/mol. The van der Waals surface area contributed by atoms with Gasteiger partial charge >= 0.3 is 17.9 Å². The summed E-state index contributed by atoms with van der Waals surface area (Å²) in [6, 6.07) is 0. The Morgan fingerprint density at radius 1 is 0.933 bits per heavy atom. The molecule has 5 saturated carbocycles. The maximum absolute atomic E-state index is 14.4. The van der Waals surface area contributed by atoms with Crippen LogP contribution in [0.5, 0.6) is 0 Å². The number of ether oxygens (including phenoxy) is 4. The monoisotopic (exact) mass is 634 g/mol. The Kier molecular flexibility index (Phi) is 7.47. The van der Waals surface area contributed by atoms with Crippen molar-refractivity contribution >= 4 is 17.9 Å². The van der Waals surface area contributed by atoms with Crippen LogP contribution in [-0.2, 0) is 33.3 Å². The first kappa shape index (κ1) is 32.9. The summed E-state index contributed by atoms with van der Waals surface area (Å²) in [5.74, 6) is -3.87. The molecule has 5 aliphatic carbocycles. The highest BCUT2D eigenvalue weighted by Gasteiger charge is 2.85. The lowest BCUT2D eigenvalue weighted by molar-refractivity contribution is -0.417. The van der Waals surface area contributed by atoms with Crippen LogP contribution in [0.15, 0.2) is 12.2 Å². The number of aliphatic hydroxyl groups excluding tert-OH is 3. The molecule has 6 aliphatic rings. The Morgan fingerprint density at radius 2 is 1.58 bits per heavy atom. The van der Waals surface area contributed by atoms with Crippen LogP contribution < -0.4 is 0 Å². The Bertz CT molecular complexity index is 1300. The van der Waals surface area contributed by atoms with Gasteiger partial charge in [0.25, 0.3) is 0 Å². The van der Waals surface area contributed by atoms with E-state index >= 15 is 0 Å². The highest BCUT2D eigenvalue weighted by Crippen LogP contribution is 2.81. The molecule has 0 aromatic rings. The average molecular weight is 635 g/mol. The summed E-state index contributed by atoms with van der Waals surface area (Å²) in [4.78, 5) is 39.4. The van der Waals surface area contributed by atoms with Crippen molar-refractivity contribution in [3.8, 4) is 0 Å². The van der Waals surface area contributed by atoms with Crippen molar-refractivity contribution in [2.24, 2.45) is 44.8 Å². The molecule has 11 heteroatoms. The molecule has 6 fully saturated rings. The van der Waals surface area contributed by atoms with Crippen LogP contribution in [0.25, 0.3) is 0 Å². The van der Waals surface area contributed by atoms with Gasteiger partial charge in [-0.15, -0.1) is 0 Å². The van der Waals surface area contributed by atoms with E-state index in [0.717, 1.165) is 12.0 Å². The Morgan fingerprint density at radius 3 is 2.20 bits per heavy atom. The van der Waals surface area contributed by atoms with Gasteiger partial charge in [-0.1, -0.05) is 32.9 Å². The minimum Gasteiger partial charge on any atom is -0.468 e.